The van der Waals surface area contributed by atoms with Crippen molar-refractivity contribution in [1.29, 1.82) is 0 Å². The number of anilines is 2. The molecule has 6 amide bonds. The standard InChI is InChI=1S/C36H37F6N5O7.Na.H/c1-20(2)16-27(30(50)43-26(18-29(48)49)23-11-6-5-7-12-23)47-31(51)34(35(37,38)39,36(40,41)42)46(33(47)53)19-22-14-15-25(28(17-22)54-4)45-32(52)44-24-13-9-8-10-21(24)3;;/h5-15,17,20,26-27H,16,18-19H2,1-4H3,(H,43,50)(H,48,49)(H2,44,45,52);;/t26-,27-;;/m0../s1. The first-order valence-electron chi connectivity index (χ1n) is 16.4. The predicted octanol–water partition coefficient (Wildman–Crippen LogP) is 6.37. The van der Waals surface area contributed by atoms with Crippen molar-refractivity contribution >= 4 is 70.8 Å². The van der Waals surface area contributed by atoms with Gasteiger partial charge in [0.05, 0.1) is 25.3 Å². The van der Waals surface area contributed by atoms with Crippen LogP contribution in [0.1, 0.15) is 49.4 Å². The number of halogens is 6. The van der Waals surface area contributed by atoms with E-state index in [1.54, 1.807) is 37.3 Å². The zero-order valence-corrected chi connectivity index (χ0v) is 29.3. The number of alkyl halides is 6. The Bertz CT molecular complexity index is 1880. The molecule has 292 valence electrons. The number of aryl methyl sites for hydroxylation is 1. The molecule has 0 bridgehead atoms. The number of imide groups is 1. The summed E-state index contributed by atoms with van der Waals surface area (Å²) >= 11 is 0. The maximum atomic E-state index is 14.9. The maximum absolute atomic E-state index is 14.9. The number of methoxy groups -OCH3 is 1. The molecule has 1 heterocycles. The topological polar surface area (TPSA) is 157 Å². The van der Waals surface area contributed by atoms with Gasteiger partial charge in [0.2, 0.25) is 5.91 Å². The van der Waals surface area contributed by atoms with E-state index in [4.69, 9.17) is 4.74 Å². The van der Waals surface area contributed by atoms with Gasteiger partial charge in [0, 0.05) is 12.2 Å². The monoisotopic (exact) mass is 789 g/mol. The SMILES string of the molecule is COc1cc(CN2C(=O)N([C@@H](CC(C)C)C(=O)N[C@@H](CC(=O)O)c3ccccc3)C(=O)C2(C(F)(F)F)C(F)(F)F)ccc1NC(=O)Nc1ccccc1C.[NaH]. The molecule has 1 fully saturated rings. The second kappa shape index (κ2) is 17.8. The normalized spacial score (nSPS) is 15.3. The Balaban J connectivity index is 0.00000812. The van der Waals surface area contributed by atoms with Gasteiger partial charge in [0.1, 0.15) is 11.8 Å². The molecule has 4 N–H and O–H groups in total. The van der Waals surface area contributed by atoms with Crippen LogP contribution < -0.4 is 20.7 Å². The molecule has 0 saturated carbocycles. The summed E-state index contributed by atoms with van der Waals surface area (Å²) in [6.45, 7) is 3.20. The number of amides is 6. The Kier molecular flexibility index (Phi) is 14.4. The van der Waals surface area contributed by atoms with Crippen molar-refractivity contribution in [3.8, 4) is 5.75 Å². The number of benzene rings is 3. The summed E-state index contributed by atoms with van der Waals surface area (Å²) in [4.78, 5) is 64.7. The number of rotatable bonds is 13. The van der Waals surface area contributed by atoms with Crippen LogP contribution in [0.25, 0.3) is 0 Å². The molecule has 3 aromatic carbocycles. The number of para-hydroxylation sites is 1. The molecule has 3 aromatic rings. The molecule has 12 nitrogen and oxygen atoms in total. The number of aliphatic carboxylic acids is 1. The van der Waals surface area contributed by atoms with E-state index in [-0.39, 0.29) is 57.0 Å². The number of ether oxygens (including phenoxy) is 1. The van der Waals surface area contributed by atoms with Crippen molar-refractivity contribution in [2.75, 3.05) is 17.7 Å². The van der Waals surface area contributed by atoms with Gasteiger partial charge in [0.15, 0.2) is 0 Å². The molecule has 1 saturated heterocycles. The van der Waals surface area contributed by atoms with Crippen LogP contribution in [-0.4, -0.2) is 105 Å². The number of nitrogens with zero attached hydrogens (tertiary/aromatic N) is 2. The Labute approximate surface area is 333 Å². The van der Waals surface area contributed by atoms with E-state index in [2.05, 4.69) is 16.0 Å². The number of nitrogens with one attached hydrogen (secondary N) is 3. The van der Waals surface area contributed by atoms with Gasteiger partial charge in [0.25, 0.3) is 5.91 Å². The van der Waals surface area contributed by atoms with Gasteiger partial charge in [-0.25, -0.2) is 14.5 Å². The summed E-state index contributed by atoms with van der Waals surface area (Å²) in [7, 11) is 1.12. The van der Waals surface area contributed by atoms with Crippen LogP contribution >= 0.6 is 0 Å². The van der Waals surface area contributed by atoms with Crippen LogP contribution in [0.2, 0.25) is 0 Å². The first-order chi connectivity index (χ1) is 25.2. The Morgan fingerprint density at radius 2 is 1.45 bits per heavy atom. The van der Waals surface area contributed by atoms with Crippen molar-refractivity contribution in [1.82, 2.24) is 15.1 Å². The second-order valence-corrected chi connectivity index (χ2v) is 12.9. The predicted molar refractivity (Wildman–Crippen MR) is 189 cm³/mol. The second-order valence-electron chi connectivity index (χ2n) is 12.9. The summed E-state index contributed by atoms with van der Waals surface area (Å²) in [5, 5.41) is 16.8. The van der Waals surface area contributed by atoms with E-state index in [0.717, 1.165) is 30.9 Å². The number of carbonyl (C=O) groups excluding carboxylic acids is 4. The van der Waals surface area contributed by atoms with Crippen LogP contribution in [0.4, 0.5) is 47.3 Å². The summed E-state index contributed by atoms with van der Waals surface area (Å²) in [5.41, 5.74) is -4.44. The van der Waals surface area contributed by atoms with Gasteiger partial charge in [-0.1, -0.05) is 68.4 Å². The zero-order valence-electron chi connectivity index (χ0n) is 29.3. The van der Waals surface area contributed by atoms with E-state index >= 15 is 0 Å². The molecule has 0 aromatic heterocycles. The Morgan fingerprint density at radius 3 is 2.00 bits per heavy atom. The van der Waals surface area contributed by atoms with Gasteiger partial charge in [-0.05, 0) is 54.2 Å². The molecule has 19 heteroatoms. The van der Waals surface area contributed by atoms with E-state index < -0.39 is 90.0 Å². The molecule has 1 aliphatic heterocycles. The molecule has 0 radical (unpaired) electrons. The molecule has 55 heavy (non-hydrogen) atoms. The van der Waals surface area contributed by atoms with E-state index in [1.807, 2.05) is 0 Å². The molecule has 2 atom stereocenters. The van der Waals surface area contributed by atoms with E-state index in [1.165, 1.54) is 38.1 Å². The Morgan fingerprint density at radius 1 is 0.873 bits per heavy atom. The molecule has 4 rings (SSSR count). The fraction of sp³-hybridized carbons (Fsp3) is 0.361. The third kappa shape index (κ3) is 9.53. The van der Waals surface area contributed by atoms with Gasteiger partial charge < -0.3 is 25.8 Å². The van der Waals surface area contributed by atoms with E-state index in [9.17, 15) is 55.4 Å². The van der Waals surface area contributed by atoms with Crippen LogP contribution in [0.3, 0.4) is 0 Å². The minimum absolute atomic E-state index is 0. The Hall–Kier alpha value is -4.81. The molecule has 1 aliphatic rings. The van der Waals surface area contributed by atoms with Gasteiger partial charge in [-0.2, -0.15) is 26.3 Å². The number of carboxylic acid groups (broad SMARTS) is 1. The summed E-state index contributed by atoms with van der Waals surface area (Å²) < 4.78 is 94.7. The number of hydrogen-bond acceptors (Lipinski definition) is 6. The third-order valence-corrected chi connectivity index (χ3v) is 8.64. The summed E-state index contributed by atoms with van der Waals surface area (Å²) in [6, 6.07) is 11.0. The quantitative estimate of drug-likeness (QED) is 0.0891. The van der Waals surface area contributed by atoms with Gasteiger partial charge in [-0.3, -0.25) is 19.3 Å². The van der Waals surface area contributed by atoms with Crippen molar-refractivity contribution in [2.24, 2.45) is 5.92 Å². The number of hydrogen-bond donors (Lipinski definition) is 4. The fourth-order valence-corrected chi connectivity index (χ4v) is 6.09. The molecular weight excluding hydrogens is 751 g/mol. The third-order valence-electron chi connectivity index (χ3n) is 8.64. The average Bonchev–Trinajstić information content (AvgIpc) is 3.30. The van der Waals surface area contributed by atoms with Crippen LogP contribution in [0.15, 0.2) is 72.8 Å². The first kappa shape index (κ1) is 44.6. The number of carbonyl (C=O) groups is 5. The minimum atomic E-state index is -6.44. The summed E-state index contributed by atoms with van der Waals surface area (Å²) in [6.07, 6.45) is -14.2. The fourth-order valence-electron chi connectivity index (χ4n) is 6.09. The van der Waals surface area contributed by atoms with Crippen molar-refractivity contribution < 1.29 is 60.2 Å². The zero-order chi connectivity index (χ0) is 40.2. The number of urea groups is 2. The van der Waals surface area contributed by atoms with Crippen molar-refractivity contribution in [3.63, 3.8) is 0 Å². The molecular formula is C36H38F6N5NaO7. The van der Waals surface area contributed by atoms with Gasteiger partial charge in [-0.15, -0.1) is 0 Å². The van der Waals surface area contributed by atoms with Gasteiger partial charge >= 0.3 is 65.5 Å². The first-order valence-corrected chi connectivity index (χ1v) is 16.4. The van der Waals surface area contributed by atoms with Crippen LogP contribution in [0.5, 0.6) is 5.75 Å². The van der Waals surface area contributed by atoms with Crippen molar-refractivity contribution in [3.05, 3.63) is 89.5 Å². The summed E-state index contributed by atoms with van der Waals surface area (Å²) in [5.74, 6) is -6.37. The van der Waals surface area contributed by atoms with Crippen molar-refractivity contribution in [2.45, 2.75) is 70.1 Å². The average molecular weight is 790 g/mol. The van der Waals surface area contributed by atoms with Crippen LogP contribution in [-0.2, 0) is 20.9 Å². The molecule has 0 aliphatic carbocycles. The molecule has 0 unspecified atom stereocenters. The molecule has 0 spiro atoms. The van der Waals surface area contributed by atoms with E-state index in [0.29, 0.717) is 5.69 Å². The van der Waals surface area contributed by atoms with Crippen LogP contribution in [0, 0.1) is 12.8 Å². The number of carboxylic acids is 1.